The molecule has 0 aliphatic rings. The van der Waals surface area contributed by atoms with E-state index < -0.39 is 0 Å². The quantitative estimate of drug-likeness (QED) is 0.541. The molecule has 0 N–H and O–H groups in total. The van der Waals surface area contributed by atoms with Crippen LogP contribution in [0.25, 0.3) is 11.4 Å². The van der Waals surface area contributed by atoms with Crippen molar-refractivity contribution in [2.45, 2.75) is 24.4 Å². The van der Waals surface area contributed by atoms with E-state index in [4.69, 9.17) is 4.74 Å². The fourth-order valence-corrected chi connectivity index (χ4v) is 3.81. The molecule has 0 bridgehead atoms. The second kappa shape index (κ2) is 7.85. The lowest BCUT2D eigenvalue weighted by Crippen LogP contribution is -2.00. The zero-order valence-electron chi connectivity index (χ0n) is 13.6. The van der Waals surface area contributed by atoms with Gasteiger partial charge in [-0.25, -0.2) is 0 Å². The number of rotatable bonds is 6. The van der Waals surface area contributed by atoms with Gasteiger partial charge in [0.25, 0.3) is 0 Å². The lowest BCUT2D eigenvalue weighted by Gasteiger charge is -2.08. The Morgan fingerprint density at radius 2 is 1.83 bits per heavy atom. The molecule has 1 aromatic heterocycles. The van der Waals surface area contributed by atoms with Gasteiger partial charge in [0.15, 0.2) is 11.0 Å². The zero-order chi connectivity index (χ0) is 16.9. The van der Waals surface area contributed by atoms with Crippen LogP contribution >= 0.6 is 27.7 Å². The van der Waals surface area contributed by atoms with E-state index in [-0.39, 0.29) is 0 Å². The molecule has 0 fully saturated rings. The number of nitrogens with zero attached hydrogens (tertiary/aromatic N) is 3. The predicted molar refractivity (Wildman–Crippen MR) is 101 cm³/mol. The predicted octanol–water partition coefficient (Wildman–Crippen LogP) is 5.03. The summed E-state index contributed by atoms with van der Waals surface area (Å²) in [5, 5.41) is 9.71. The molecule has 6 heteroatoms. The molecule has 0 saturated heterocycles. The highest BCUT2D eigenvalue weighted by Crippen LogP contribution is 2.30. The van der Waals surface area contributed by atoms with Crippen molar-refractivity contribution in [1.29, 1.82) is 0 Å². The van der Waals surface area contributed by atoms with Gasteiger partial charge in [0.05, 0.1) is 7.11 Å². The Morgan fingerprint density at radius 1 is 1.08 bits per heavy atom. The molecule has 124 valence electrons. The number of hydrogen-bond donors (Lipinski definition) is 0. The minimum Gasteiger partial charge on any atom is -0.497 e. The summed E-state index contributed by atoms with van der Waals surface area (Å²) < 4.78 is 8.37. The summed E-state index contributed by atoms with van der Waals surface area (Å²) in [6.45, 7) is 2.94. The Bertz CT molecular complexity index is 817. The van der Waals surface area contributed by atoms with Crippen molar-refractivity contribution in [3.05, 3.63) is 58.6 Å². The summed E-state index contributed by atoms with van der Waals surface area (Å²) >= 11 is 5.29. The largest absolute Gasteiger partial charge is 0.497 e. The molecular weight excluding hydrogens is 386 g/mol. The number of thioether (sulfide) groups is 1. The highest BCUT2D eigenvalue weighted by molar-refractivity contribution is 9.10. The van der Waals surface area contributed by atoms with E-state index >= 15 is 0 Å². The number of benzene rings is 2. The lowest BCUT2D eigenvalue weighted by atomic mass is 10.2. The van der Waals surface area contributed by atoms with Gasteiger partial charge in [-0.2, -0.15) is 0 Å². The van der Waals surface area contributed by atoms with Gasteiger partial charge < -0.3 is 9.30 Å². The molecule has 3 rings (SSSR count). The molecule has 0 radical (unpaired) electrons. The topological polar surface area (TPSA) is 39.9 Å². The Labute approximate surface area is 154 Å². The van der Waals surface area contributed by atoms with Crippen molar-refractivity contribution in [3.8, 4) is 17.1 Å². The highest BCUT2D eigenvalue weighted by atomic mass is 79.9. The summed E-state index contributed by atoms with van der Waals surface area (Å²) in [5.74, 6) is 2.61. The van der Waals surface area contributed by atoms with E-state index in [0.717, 1.165) is 39.1 Å². The van der Waals surface area contributed by atoms with E-state index in [9.17, 15) is 0 Å². The van der Waals surface area contributed by atoms with Gasteiger partial charge in [-0.15, -0.1) is 10.2 Å². The molecule has 1 heterocycles. The molecule has 24 heavy (non-hydrogen) atoms. The van der Waals surface area contributed by atoms with Gasteiger partial charge in [0.2, 0.25) is 0 Å². The third-order valence-corrected chi connectivity index (χ3v) is 5.40. The average Bonchev–Trinajstić information content (AvgIpc) is 3.03. The van der Waals surface area contributed by atoms with Crippen molar-refractivity contribution >= 4 is 27.7 Å². The second-order valence-corrected chi connectivity index (χ2v) is 6.96. The molecule has 0 aliphatic carbocycles. The first-order valence-electron chi connectivity index (χ1n) is 7.66. The Hall–Kier alpha value is -1.79. The van der Waals surface area contributed by atoms with Gasteiger partial charge in [-0.1, -0.05) is 58.0 Å². The van der Waals surface area contributed by atoms with Crippen LogP contribution in [0.2, 0.25) is 0 Å². The van der Waals surface area contributed by atoms with Gasteiger partial charge in [-0.05, 0) is 30.7 Å². The standard InChI is InChI=1S/C18H18BrN3OS/c1-3-22-17(15-6-4-5-7-16(15)19)20-21-18(22)24-12-13-8-10-14(23-2)11-9-13/h4-11H,3,12H2,1-2H3. The minimum atomic E-state index is 0.828. The normalized spacial score (nSPS) is 10.8. The first-order chi connectivity index (χ1) is 11.7. The van der Waals surface area contributed by atoms with E-state index in [1.165, 1.54) is 5.56 Å². The molecule has 0 spiro atoms. The van der Waals surface area contributed by atoms with E-state index in [1.807, 2.05) is 30.3 Å². The second-order valence-electron chi connectivity index (χ2n) is 5.17. The maximum absolute atomic E-state index is 5.19. The van der Waals surface area contributed by atoms with Crippen LogP contribution in [0, 0.1) is 0 Å². The molecule has 0 saturated carbocycles. The van der Waals surface area contributed by atoms with Crippen LogP contribution in [-0.2, 0) is 12.3 Å². The minimum absolute atomic E-state index is 0.828. The van der Waals surface area contributed by atoms with E-state index in [2.05, 4.69) is 55.8 Å². The fourth-order valence-electron chi connectivity index (χ4n) is 2.39. The van der Waals surface area contributed by atoms with E-state index in [0.29, 0.717) is 0 Å². The Morgan fingerprint density at radius 3 is 2.50 bits per heavy atom. The smallest absolute Gasteiger partial charge is 0.191 e. The average molecular weight is 404 g/mol. The fraction of sp³-hybridized carbons (Fsp3) is 0.222. The molecule has 0 amide bonds. The van der Waals surface area contributed by atoms with Crippen LogP contribution < -0.4 is 4.74 Å². The summed E-state index contributed by atoms with van der Waals surface area (Å²) in [6, 6.07) is 16.2. The maximum Gasteiger partial charge on any atom is 0.191 e. The van der Waals surface area contributed by atoms with Gasteiger partial charge in [0, 0.05) is 22.3 Å². The first-order valence-corrected chi connectivity index (χ1v) is 9.44. The number of hydrogen-bond acceptors (Lipinski definition) is 4. The molecule has 4 nitrogen and oxygen atoms in total. The lowest BCUT2D eigenvalue weighted by molar-refractivity contribution is 0.414. The monoisotopic (exact) mass is 403 g/mol. The van der Waals surface area contributed by atoms with Crippen LogP contribution in [-0.4, -0.2) is 21.9 Å². The number of methoxy groups -OCH3 is 1. The van der Waals surface area contributed by atoms with Crippen molar-refractivity contribution < 1.29 is 4.74 Å². The molecule has 0 atom stereocenters. The van der Waals surface area contributed by atoms with E-state index in [1.54, 1.807) is 18.9 Å². The molecular formula is C18H18BrN3OS. The SMILES string of the molecule is CCn1c(SCc2ccc(OC)cc2)nnc1-c1ccccc1Br. The highest BCUT2D eigenvalue weighted by Gasteiger charge is 2.15. The van der Waals surface area contributed by atoms with Gasteiger partial charge >= 0.3 is 0 Å². The van der Waals surface area contributed by atoms with Gasteiger partial charge in [-0.3, -0.25) is 0 Å². The van der Waals surface area contributed by atoms with Crippen molar-refractivity contribution in [2.75, 3.05) is 7.11 Å². The first kappa shape index (κ1) is 17.0. The van der Waals surface area contributed by atoms with Crippen LogP contribution in [0.3, 0.4) is 0 Å². The summed E-state index contributed by atoms with van der Waals surface area (Å²) in [6.07, 6.45) is 0. The third-order valence-electron chi connectivity index (χ3n) is 3.67. The third kappa shape index (κ3) is 3.65. The summed E-state index contributed by atoms with van der Waals surface area (Å²) in [5.41, 5.74) is 2.29. The maximum atomic E-state index is 5.19. The molecule has 0 aliphatic heterocycles. The molecule has 0 unspecified atom stereocenters. The number of halogens is 1. The van der Waals surface area contributed by atoms with Crippen LogP contribution in [0.15, 0.2) is 58.2 Å². The van der Waals surface area contributed by atoms with Gasteiger partial charge in [0.1, 0.15) is 5.75 Å². The number of ether oxygens (including phenoxy) is 1. The zero-order valence-corrected chi connectivity index (χ0v) is 16.0. The Kier molecular flexibility index (Phi) is 5.58. The van der Waals surface area contributed by atoms with Crippen LogP contribution in [0.4, 0.5) is 0 Å². The van der Waals surface area contributed by atoms with Crippen molar-refractivity contribution in [1.82, 2.24) is 14.8 Å². The summed E-state index contributed by atoms with van der Waals surface area (Å²) in [7, 11) is 1.68. The van der Waals surface area contributed by atoms with Crippen molar-refractivity contribution in [3.63, 3.8) is 0 Å². The number of aromatic nitrogens is 3. The molecule has 2 aromatic carbocycles. The summed E-state index contributed by atoms with van der Waals surface area (Å²) in [4.78, 5) is 0. The Balaban J connectivity index is 1.80. The van der Waals surface area contributed by atoms with Crippen LogP contribution in [0.1, 0.15) is 12.5 Å². The molecule has 3 aromatic rings. The van der Waals surface area contributed by atoms with Crippen molar-refractivity contribution in [2.24, 2.45) is 0 Å². The van der Waals surface area contributed by atoms with Crippen LogP contribution in [0.5, 0.6) is 5.75 Å².